The van der Waals surface area contributed by atoms with E-state index in [1.165, 1.54) is 0 Å². The Morgan fingerprint density at radius 2 is 1.70 bits per heavy atom. The summed E-state index contributed by atoms with van der Waals surface area (Å²) >= 11 is 4.91. The molecule has 0 unspecified atom stereocenters. The van der Waals surface area contributed by atoms with Crippen LogP contribution in [-0.2, 0) is 11.2 Å². The molecule has 0 radical (unpaired) electrons. The SMILES string of the molecule is CC1(C)C(NC(=O)Cc2ccc(C(N)=S)cc2)C1(C)C. The summed E-state index contributed by atoms with van der Waals surface area (Å²) in [6, 6.07) is 7.76. The first-order valence-corrected chi connectivity index (χ1v) is 7.25. The number of benzene rings is 1. The zero-order valence-corrected chi connectivity index (χ0v) is 13.3. The van der Waals surface area contributed by atoms with Gasteiger partial charge in [0.05, 0.1) is 6.42 Å². The Morgan fingerprint density at radius 1 is 1.20 bits per heavy atom. The molecule has 0 spiro atoms. The van der Waals surface area contributed by atoms with Gasteiger partial charge in [-0.05, 0) is 16.4 Å². The van der Waals surface area contributed by atoms with Crippen molar-refractivity contribution in [3.8, 4) is 0 Å². The summed E-state index contributed by atoms with van der Waals surface area (Å²) in [5.41, 5.74) is 7.68. The lowest BCUT2D eigenvalue weighted by Crippen LogP contribution is -2.31. The van der Waals surface area contributed by atoms with Gasteiger partial charge in [-0.3, -0.25) is 4.79 Å². The van der Waals surface area contributed by atoms with Crippen molar-refractivity contribution >= 4 is 23.1 Å². The second-order valence-corrected chi connectivity index (χ2v) is 7.12. The average molecular weight is 290 g/mol. The summed E-state index contributed by atoms with van der Waals surface area (Å²) in [4.78, 5) is 12.5. The van der Waals surface area contributed by atoms with E-state index >= 15 is 0 Å². The van der Waals surface area contributed by atoms with E-state index in [4.69, 9.17) is 18.0 Å². The molecule has 1 aliphatic carbocycles. The van der Waals surface area contributed by atoms with Crippen molar-refractivity contribution in [3.63, 3.8) is 0 Å². The van der Waals surface area contributed by atoms with Crippen LogP contribution in [0.3, 0.4) is 0 Å². The summed E-state index contributed by atoms with van der Waals surface area (Å²) in [5.74, 6) is 0.0664. The molecule has 0 heterocycles. The van der Waals surface area contributed by atoms with Crippen molar-refractivity contribution in [2.24, 2.45) is 16.6 Å². The third-order valence-electron chi connectivity index (χ3n) is 4.93. The Morgan fingerprint density at radius 3 is 2.10 bits per heavy atom. The summed E-state index contributed by atoms with van der Waals surface area (Å²) in [5, 5.41) is 3.13. The zero-order valence-electron chi connectivity index (χ0n) is 12.5. The van der Waals surface area contributed by atoms with Crippen LogP contribution in [0.1, 0.15) is 38.8 Å². The van der Waals surface area contributed by atoms with Crippen molar-refractivity contribution in [1.82, 2.24) is 5.32 Å². The fraction of sp³-hybridized carbons (Fsp3) is 0.500. The van der Waals surface area contributed by atoms with Crippen LogP contribution >= 0.6 is 12.2 Å². The highest BCUT2D eigenvalue weighted by Crippen LogP contribution is 2.62. The molecular formula is C16H22N2OS. The lowest BCUT2D eigenvalue weighted by molar-refractivity contribution is -0.120. The number of hydrogen-bond acceptors (Lipinski definition) is 2. The third-order valence-corrected chi connectivity index (χ3v) is 5.16. The molecule has 108 valence electrons. The van der Waals surface area contributed by atoms with Gasteiger partial charge in [0.1, 0.15) is 4.99 Å². The second-order valence-electron chi connectivity index (χ2n) is 6.68. The van der Waals surface area contributed by atoms with Crippen LogP contribution in [0, 0.1) is 10.8 Å². The van der Waals surface area contributed by atoms with Crippen LogP contribution in [0.2, 0.25) is 0 Å². The molecular weight excluding hydrogens is 268 g/mol. The van der Waals surface area contributed by atoms with E-state index in [1.807, 2.05) is 24.3 Å². The maximum Gasteiger partial charge on any atom is 0.224 e. The molecule has 1 aromatic rings. The van der Waals surface area contributed by atoms with E-state index in [0.29, 0.717) is 11.4 Å². The monoisotopic (exact) mass is 290 g/mol. The van der Waals surface area contributed by atoms with Crippen LogP contribution in [0.15, 0.2) is 24.3 Å². The molecule has 0 atom stereocenters. The van der Waals surface area contributed by atoms with Crippen LogP contribution in [0.4, 0.5) is 0 Å². The Balaban J connectivity index is 1.94. The van der Waals surface area contributed by atoms with Gasteiger partial charge in [-0.2, -0.15) is 0 Å². The van der Waals surface area contributed by atoms with Crippen molar-refractivity contribution in [2.75, 3.05) is 0 Å². The number of amides is 1. The van der Waals surface area contributed by atoms with Crippen molar-refractivity contribution in [3.05, 3.63) is 35.4 Å². The quantitative estimate of drug-likeness (QED) is 0.837. The van der Waals surface area contributed by atoms with Gasteiger partial charge in [0.2, 0.25) is 5.91 Å². The molecule has 3 N–H and O–H groups in total. The van der Waals surface area contributed by atoms with E-state index < -0.39 is 0 Å². The number of nitrogens with one attached hydrogen (secondary N) is 1. The number of rotatable bonds is 4. The molecule has 2 rings (SSSR count). The van der Waals surface area contributed by atoms with E-state index in [9.17, 15) is 4.79 Å². The first kappa shape index (κ1) is 15.0. The number of hydrogen-bond donors (Lipinski definition) is 2. The fourth-order valence-corrected chi connectivity index (χ4v) is 2.88. The predicted molar refractivity (Wildman–Crippen MR) is 85.5 cm³/mol. The van der Waals surface area contributed by atoms with E-state index in [2.05, 4.69) is 33.0 Å². The van der Waals surface area contributed by atoms with Crippen LogP contribution < -0.4 is 11.1 Å². The lowest BCUT2D eigenvalue weighted by Gasteiger charge is -2.07. The standard InChI is InChI=1S/C16H22N2OS/c1-15(2)14(16(15,3)4)18-12(19)9-10-5-7-11(8-6-10)13(17)20/h5-8,14H,9H2,1-4H3,(H2,17,20)(H,18,19). The molecule has 20 heavy (non-hydrogen) atoms. The highest BCUT2D eigenvalue weighted by atomic mass is 32.1. The molecule has 0 aliphatic heterocycles. The molecule has 1 amide bonds. The average Bonchev–Trinajstić information content (AvgIpc) is 2.72. The second kappa shape index (κ2) is 4.85. The van der Waals surface area contributed by atoms with Crippen LogP contribution in [-0.4, -0.2) is 16.9 Å². The van der Waals surface area contributed by atoms with Crippen LogP contribution in [0.25, 0.3) is 0 Å². The van der Waals surface area contributed by atoms with Gasteiger partial charge in [-0.25, -0.2) is 0 Å². The summed E-state index contributed by atoms with van der Waals surface area (Å²) in [6.07, 6.45) is 0.389. The van der Waals surface area contributed by atoms with E-state index in [1.54, 1.807) is 0 Å². The first-order valence-electron chi connectivity index (χ1n) is 6.84. The normalized spacial score (nSPS) is 19.4. The van der Waals surface area contributed by atoms with Gasteiger partial charge in [0, 0.05) is 11.6 Å². The van der Waals surface area contributed by atoms with Gasteiger partial charge < -0.3 is 11.1 Å². The maximum atomic E-state index is 12.1. The molecule has 1 aromatic carbocycles. The Hall–Kier alpha value is -1.42. The third kappa shape index (κ3) is 2.57. The molecule has 1 saturated carbocycles. The predicted octanol–water partition coefficient (Wildman–Crippen LogP) is 2.41. The highest BCUT2D eigenvalue weighted by Gasteiger charge is 2.65. The maximum absolute atomic E-state index is 12.1. The molecule has 3 nitrogen and oxygen atoms in total. The minimum atomic E-state index is 0.0664. The van der Waals surface area contributed by atoms with Gasteiger partial charge in [0.25, 0.3) is 0 Å². The molecule has 4 heteroatoms. The summed E-state index contributed by atoms with van der Waals surface area (Å²) in [7, 11) is 0. The molecule has 0 saturated heterocycles. The van der Waals surface area contributed by atoms with Crippen molar-refractivity contribution in [2.45, 2.75) is 40.2 Å². The number of nitrogens with two attached hydrogens (primary N) is 1. The smallest absolute Gasteiger partial charge is 0.224 e. The topological polar surface area (TPSA) is 55.1 Å². The minimum Gasteiger partial charge on any atom is -0.389 e. The van der Waals surface area contributed by atoms with Crippen molar-refractivity contribution in [1.29, 1.82) is 0 Å². The van der Waals surface area contributed by atoms with E-state index in [0.717, 1.165) is 11.1 Å². The number of thiocarbonyl (C=S) groups is 1. The molecule has 1 fully saturated rings. The summed E-state index contributed by atoms with van der Waals surface area (Å²) < 4.78 is 0. The lowest BCUT2D eigenvalue weighted by atomic mass is 10.0. The zero-order chi connectivity index (χ0) is 15.1. The summed E-state index contributed by atoms with van der Waals surface area (Å²) in [6.45, 7) is 8.76. The largest absolute Gasteiger partial charge is 0.389 e. The Labute approximate surface area is 125 Å². The van der Waals surface area contributed by atoms with E-state index in [-0.39, 0.29) is 22.8 Å². The van der Waals surface area contributed by atoms with Gasteiger partial charge in [-0.1, -0.05) is 64.2 Å². The number of carbonyl (C=O) groups is 1. The van der Waals surface area contributed by atoms with Gasteiger partial charge in [-0.15, -0.1) is 0 Å². The van der Waals surface area contributed by atoms with Crippen molar-refractivity contribution < 1.29 is 4.79 Å². The highest BCUT2D eigenvalue weighted by molar-refractivity contribution is 7.80. The van der Waals surface area contributed by atoms with Gasteiger partial charge >= 0.3 is 0 Å². The Bertz CT molecular complexity index is 532. The fourth-order valence-electron chi connectivity index (χ4n) is 2.74. The molecule has 0 bridgehead atoms. The van der Waals surface area contributed by atoms with Crippen LogP contribution in [0.5, 0.6) is 0 Å². The van der Waals surface area contributed by atoms with Gasteiger partial charge in [0.15, 0.2) is 0 Å². The first-order chi connectivity index (χ1) is 9.16. The Kier molecular flexibility index (Phi) is 3.63. The number of carbonyl (C=O) groups excluding carboxylic acids is 1. The minimum absolute atomic E-state index is 0.0664. The molecule has 1 aliphatic rings. The molecule has 0 aromatic heterocycles.